The molecule has 1 unspecified atom stereocenters. The van der Waals surface area contributed by atoms with Crippen LogP contribution in [0.15, 0.2) is 43.9 Å². The molecular formula is C12H10Br2ClNO. The van der Waals surface area contributed by atoms with Gasteiger partial charge in [-0.05, 0) is 46.7 Å². The normalized spacial score (nSPS) is 12.7. The molecule has 5 heteroatoms. The standard InChI is InChI=1S/C12H10Br2ClNO/c1-16-11(12-9(13)4-5-17-12)8-3-2-7(15)6-10(8)14/h2-6,11,16H,1H3. The summed E-state index contributed by atoms with van der Waals surface area (Å²) >= 11 is 12.9. The summed E-state index contributed by atoms with van der Waals surface area (Å²) in [6.45, 7) is 0. The van der Waals surface area contributed by atoms with Gasteiger partial charge in [-0.25, -0.2) is 0 Å². The second-order valence-corrected chi connectivity index (χ2v) is 5.67. The zero-order valence-corrected chi connectivity index (χ0v) is 12.9. The molecule has 1 N–H and O–H groups in total. The largest absolute Gasteiger partial charge is 0.466 e. The van der Waals surface area contributed by atoms with Crippen molar-refractivity contribution in [2.24, 2.45) is 0 Å². The predicted octanol–water partition coefficient (Wildman–Crippen LogP) is 4.77. The van der Waals surface area contributed by atoms with Gasteiger partial charge in [0.05, 0.1) is 16.8 Å². The van der Waals surface area contributed by atoms with Crippen LogP contribution in [0.3, 0.4) is 0 Å². The monoisotopic (exact) mass is 377 g/mol. The van der Waals surface area contributed by atoms with E-state index in [1.165, 1.54) is 0 Å². The lowest BCUT2D eigenvalue weighted by molar-refractivity contribution is 0.460. The molecule has 90 valence electrons. The van der Waals surface area contributed by atoms with Crippen LogP contribution in [0.4, 0.5) is 0 Å². The second kappa shape index (κ2) is 5.57. The maximum Gasteiger partial charge on any atom is 0.139 e. The van der Waals surface area contributed by atoms with Crippen LogP contribution in [0.1, 0.15) is 17.4 Å². The number of halogens is 3. The summed E-state index contributed by atoms with van der Waals surface area (Å²) in [4.78, 5) is 0. The Morgan fingerprint density at radius 1 is 1.24 bits per heavy atom. The number of benzene rings is 1. The summed E-state index contributed by atoms with van der Waals surface area (Å²) in [6.07, 6.45) is 1.66. The average Bonchev–Trinajstić information content (AvgIpc) is 2.69. The Kier molecular flexibility index (Phi) is 4.31. The summed E-state index contributed by atoms with van der Waals surface area (Å²) in [5.41, 5.74) is 1.08. The summed E-state index contributed by atoms with van der Waals surface area (Å²) in [5, 5.41) is 3.93. The Balaban J connectivity index is 2.46. The topological polar surface area (TPSA) is 25.2 Å². The van der Waals surface area contributed by atoms with Gasteiger partial charge in [0.15, 0.2) is 0 Å². The van der Waals surface area contributed by atoms with Crippen LogP contribution in [0.25, 0.3) is 0 Å². The molecule has 0 saturated heterocycles. The molecule has 0 spiro atoms. The quantitative estimate of drug-likeness (QED) is 0.831. The van der Waals surface area contributed by atoms with Gasteiger partial charge in [-0.2, -0.15) is 0 Å². The van der Waals surface area contributed by atoms with Crippen molar-refractivity contribution in [3.63, 3.8) is 0 Å². The highest BCUT2D eigenvalue weighted by Crippen LogP contribution is 2.34. The van der Waals surface area contributed by atoms with E-state index < -0.39 is 0 Å². The van der Waals surface area contributed by atoms with Gasteiger partial charge in [0.2, 0.25) is 0 Å². The molecule has 1 aromatic heterocycles. The molecule has 1 aromatic carbocycles. The summed E-state index contributed by atoms with van der Waals surface area (Å²) in [5.74, 6) is 0.843. The van der Waals surface area contributed by atoms with Crippen LogP contribution >= 0.6 is 43.5 Å². The molecule has 2 nitrogen and oxygen atoms in total. The number of hydrogen-bond acceptors (Lipinski definition) is 2. The third-order valence-electron chi connectivity index (χ3n) is 2.47. The SMILES string of the molecule is CNC(c1ccc(Cl)cc1Br)c1occc1Br. The van der Waals surface area contributed by atoms with Gasteiger partial charge < -0.3 is 9.73 Å². The van der Waals surface area contributed by atoms with Crippen LogP contribution < -0.4 is 5.32 Å². The number of nitrogens with one attached hydrogen (secondary N) is 1. The Labute approximate surface area is 122 Å². The van der Waals surface area contributed by atoms with Crippen molar-refractivity contribution in [3.8, 4) is 0 Å². The minimum absolute atomic E-state index is 0.0222. The van der Waals surface area contributed by atoms with Crippen molar-refractivity contribution in [1.82, 2.24) is 5.32 Å². The van der Waals surface area contributed by atoms with Crippen molar-refractivity contribution in [3.05, 3.63) is 55.8 Å². The molecule has 0 amide bonds. The molecule has 0 fully saturated rings. The molecule has 0 radical (unpaired) electrons. The van der Waals surface area contributed by atoms with Gasteiger partial charge in [0.1, 0.15) is 5.76 Å². The van der Waals surface area contributed by atoms with Crippen molar-refractivity contribution in [2.45, 2.75) is 6.04 Å². The van der Waals surface area contributed by atoms with Crippen LogP contribution in [0, 0.1) is 0 Å². The maximum absolute atomic E-state index is 5.94. The molecule has 0 bridgehead atoms. The van der Waals surface area contributed by atoms with E-state index >= 15 is 0 Å². The fraction of sp³-hybridized carbons (Fsp3) is 0.167. The van der Waals surface area contributed by atoms with Gasteiger partial charge in [-0.15, -0.1) is 0 Å². The fourth-order valence-corrected chi connectivity index (χ4v) is 3.02. The van der Waals surface area contributed by atoms with E-state index in [0.717, 1.165) is 20.3 Å². The molecule has 2 rings (SSSR count). The van der Waals surface area contributed by atoms with E-state index in [1.807, 2.05) is 31.3 Å². The number of furan rings is 1. The average molecular weight is 379 g/mol. The molecular weight excluding hydrogens is 369 g/mol. The first-order valence-corrected chi connectivity index (χ1v) is 6.95. The Hall–Kier alpha value is -0.290. The highest BCUT2D eigenvalue weighted by Gasteiger charge is 2.20. The fourth-order valence-electron chi connectivity index (χ4n) is 1.67. The van der Waals surface area contributed by atoms with Crippen LogP contribution in [0.5, 0.6) is 0 Å². The second-order valence-electron chi connectivity index (χ2n) is 3.52. The van der Waals surface area contributed by atoms with E-state index in [2.05, 4.69) is 37.2 Å². The van der Waals surface area contributed by atoms with E-state index in [0.29, 0.717) is 5.02 Å². The smallest absolute Gasteiger partial charge is 0.139 e. The first-order chi connectivity index (χ1) is 8.13. The van der Waals surface area contributed by atoms with Crippen molar-refractivity contribution in [1.29, 1.82) is 0 Å². The molecule has 1 heterocycles. The molecule has 0 aliphatic heterocycles. The maximum atomic E-state index is 5.94. The van der Waals surface area contributed by atoms with Gasteiger partial charge in [-0.3, -0.25) is 0 Å². The van der Waals surface area contributed by atoms with Crippen LogP contribution in [-0.2, 0) is 0 Å². The zero-order valence-electron chi connectivity index (χ0n) is 9.01. The van der Waals surface area contributed by atoms with E-state index in [9.17, 15) is 0 Å². The lowest BCUT2D eigenvalue weighted by Gasteiger charge is -2.16. The lowest BCUT2D eigenvalue weighted by atomic mass is 10.1. The number of rotatable bonds is 3. The molecule has 2 aromatic rings. The van der Waals surface area contributed by atoms with Gasteiger partial charge >= 0.3 is 0 Å². The zero-order chi connectivity index (χ0) is 12.4. The predicted molar refractivity (Wildman–Crippen MR) is 76.5 cm³/mol. The Morgan fingerprint density at radius 2 is 2.00 bits per heavy atom. The van der Waals surface area contributed by atoms with Crippen LogP contribution in [0.2, 0.25) is 5.02 Å². The summed E-state index contributed by atoms with van der Waals surface area (Å²) < 4.78 is 7.39. The highest BCUT2D eigenvalue weighted by molar-refractivity contribution is 9.10. The van der Waals surface area contributed by atoms with E-state index in [-0.39, 0.29) is 6.04 Å². The Bertz CT molecular complexity index is 527. The third-order valence-corrected chi connectivity index (χ3v) is 4.05. The molecule has 1 atom stereocenters. The molecule has 0 aliphatic rings. The van der Waals surface area contributed by atoms with E-state index in [4.69, 9.17) is 16.0 Å². The van der Waals surface area contributed by atoms with Crippen molar-refractivity contribution >= 4 is 43.5 Å². The van der Waals surface area contributed by atoms with E-state index in [1.54, 1.807) is 6.26 Å². The molecule has 0 saturated carbocycles. The molecule has 17 heavy (non-hydrogen) atoms. The summed E-state index contributed by atoms with van der Waals surface area (Å²) in [7, 11) is 1.89. The Morgan fingerprint density at radius 3 is 2.53 bits per heavy atom. The van der Waals surface area contributed by atoms with Crippen molar-refractivity contribution < 1.29 is 4.42 Å². The van der Waals surface area contributed by atoms with Crippen LogP contribution in [-0.4, -0.2) is 7.05 Å². The first kappa shape index (κ1) is 13.1. The number of hydrogen-bond donors (Lipinski definition) is 1. The third kappa shape index (κ3) is 2.76. The van der Waals surface area contributed by atoms with Gasteiger partial charge in [0, 0.05) is 9.50 Å². The van der Waals surface area contributed by atoms with Gasteiger partial charge in [-0.1, -0.05) is 33.6 Å². The minimum Gasteiger partial charge on any atom is -0.466 e. The van der Waals surface area contributed by atoms with Gasteiger partial charge in [0.25, 0.3) is 0 Å². The molecule has 0 aliphatic carbocycles. The lowest BCUT2D eigenvalue weighted by Crippen LogP contribution is -2.17. The highest BCUT2D eigenvalue weighted by atomic mass is 79.9. The first-order valence-electron chi connectivity index (χ1n) is 4.98. The minimum atomic E-state index is -0.0222. The van der Waals surface area contributed by atoms with Crippen molar-refractivity contribution in [2.75, 3.05) is 7.05 Å². The summed E-state index contributed by atoms with van der Waals surface area (Å²) in [6, 6.07) is 7.57.